The SMILES string of the molecule is CC(NC(=O)c1ccco1)C(=O)Nc1cc(Cl)ccc1N1CCCCC1. The van der Waals surface area contributed by atoms with E-state index in [0.29, 0.717) is 10.7 Å². The minimum absolute atomic E-state index is 0.168. The zero-order chi connectivity index (χ0) is 18.5. The molecule has 1 aliphatic rings. The van der Waals surface area contributed by atoms with Crippen LogP contribution in [-0.4, -0.2) is 30.9 Å². The number of nitrogens with one attached hydrogen (secondary N) is 2. The molecule has 1 fully saturated rings. The van der Waals surface area contributed by atoms with Gasteiger partial charge in [-0.3, -0.25) is 9.59 Å². The van der Waals surface area contributed by atoms with Crippen LogP contribution in [0.15, 0.2) is 41.0 Å². The highest BCUT2D eigenvalue weighted by Gasteiger charge is 2.21. The number of rotatable bonds is 5. The molecule has 3 rings (SSSR count). The number of piperidine rings is 1. The third kappa shape index (κ3) is 4.38. The Labute approximate surface area is 157 Å². The van der Waals surface area contributed by atoms with Crippen LogP contribution in [-0.2, 0) is 4.79 Å². The summed E-state index contributed by atoms with van der Waals surface area (Å²) < 4.78 is 5.04. The zero-order valence-electron chi connectivity index (χ0n) is 14.6. The highest BCUT2D eigenvalue weighted by Crippen LogP contribution is 2.31. The van der Waals surface area contributed by atoms with Crippen molar-refractivity contribution in [1.82, 2.24) is 5.32 Å². The van der Waals surface area contributed by atoms with Gasteiger partial charge in [0.25, 0.3) is 5.91 Å². The van der Waals surface area contributed by atoms with E-state index in [1.807, 2.05) is 12.1 Å². The Bertz CT molecular complexity index is 770. The van der Waals surface area contributed by atoms with Crippen LogP contribution in [0, 0.1) is 0 Å². The predicted octanol–water partition coefficient (Wildman–Crippen LogP) is 3.68. The lowest BCUT2D eigenvalue weighted by molar-refractivity contribution is -0.117. The van der Waals surface area contributed by atoms with Gasteiger partial charge >= 0.3 is 0 Å². The Kier molecular flexibility index (Phi) is 5.83. The third-order valence-corrected chi connectivity index (χ3v) is 4.63. The number of hydrogen-bond donors (Lipinski definition) is 2. The van der Waals surface area contributed by atoms with Crippen molar-refractivity contribution in [3.63, 3.8) is 0 Å². The Balaban J connectivity index is 1.69. The van der Waals surface area contributed by atoms with Gasteiger partial charge in [-0.15, -0.1) is 0 Å². The number of amides is 2. The van der Waals surface area contributed by atoms with Crippen molar-refractivity contribution in [2.75, 3.05) is 23.3 Å². The standard InChI is InChI=1S/C19H22ClN3O3/c1-13(21-19(25)17-6-5-11-26-17)18(24)22-15-12-14(20)7-8-16(15)23-9-3-2-4-10-23/h5-8,11-13H,2-4,9-10H2,1H3,(H,21,25)(H,22,24). The third-order valence-electron chi connectivity index (χ3n) is 4.40. The van der Waals surface area contributed by atoms with Crippen LogP contribution in [0.25, 0.3) is 0 Å². The van der Waals surface area contributed by atoms with E-state index in [1.54, 1.807) is 25.1 Å². The van der Waals surface area contributed by atoms with Gasteiger partial charge in [-0.25, -0.2) is 0 Å². The smallest absolute Gasteiger partial charge is 0.287 e. The molecule has 1 aliphatic heterocycles. The first-order chi connectivity index (χ1) is 12.5. The largest absolute Gasteiger partial charge is 0.459 e. The van der Waals surface area contributed by atoms with E-state index in [-0.39, 0.29) is 11.7 Å². The van der Waals surface area contributed by atoms with Crippen molar-refractivity contribution in [1.29, 1.82) is 0 Å². The Morgan fingerprint density at radius 1 is 1.19 bits per heavy atom. The van der Waals surface area contributed by atoms with Crippen LogP contribution in [0.1, 0.15) is 36.7 Å². The number of carbonyl (C=O) groups excluding carboxylic acids is 2. The lowest BCUT2D eigenvalue weighted by atomic mass is 10.1. The first-order valence-electron chi connectivity index (χ1n) is 8.74. The Hall–Kier alpha value is -2.47. The van der Waals surface area contributed by atoms with E-state index >= 15 is 0 Å². The molecule has 0 saturated carbocycles. The molecule has 0 bridgehead atoms. The molecule has 138 valence electrons. The second-order valence-corrected chi connectivity index (χ2v) is 6.81. The monoisotopic (exact) mass is 375 g/mol. The van der Waals surface area contributed by atoms with Gasteiger partial charge in [0, 0.05) is 18.1 Å². The van der Waals surface area contributed by atoms with E-state index in [9.17, 15) is 9.59 Å². The van der Waals surface area contributed by atoms with Crippen LogP contribution in [0.3, 0.4) is 0 Å². The van der Waals surface area contributed by atoms with Crippen LogP contribution < -0.4 is 15.5 Å². The first-order valence-corrected chi connectivity index (χ1v) is 9.12. The number of furan rings is 1. The van der Waals surface area contributed by atoms with Crippen molar-refractivity contribution in [3.05, 3.63) is 47.4 Å². The van der Waals surface area contributed by atoms with Gasteiger partial charge < -0.3 is 20.0 Å². The van der Waals surface area contributed by atoms with E-state index in [1.165, 1.54) is 12.7 Å². The van der Waals surface area contributed by atoms with Crippen LogP contribution in [0.5, 0.6) is 0 Å². The fourth-order valence-electron chi connectivity index (χ4n) is 3.00. The maximum absolute atomic E-state index is 12.5. The van der Waals surface area contributed by atoms with Crippen LogP contribution in [0.4, 0.5) is 11.4 Å². The molecule has 1 atom stereocenters. The number of hydrogen-bond acceptors (Lipinski definition) is 4. The molecule has 1 aromatic carbocycles. The topological polar surface area (TPSA) is 74.6 Å². The summed E-state index contributed by atoms with van der Waals surface area (Å²) in [6.07, 6.45) is 4.90. The van der Waals surface area contributed by atoms with Gasteiger partial charge in [-0.05, 0) is 56.5 Å². The number of nitrogens with zero attached hydrogens (tertiary/aromatic N) is 1. The highest BCUT2D eigenvalue weighted by molar-refractivity contribution is 6.31. The summed E-state index contributed by atoms with van der Waals surface area (Å²) in [5.41, 5.74) is 1.61. The maximum Gasteiger partial charge on any atom is 0.287 e. The summed E-state index contributed by atoms with van der Waals surface area (Å²) in [5, 5.41) is 6.06. The van der Waals surface area contributed by atoms with Gasteiger partial charge in [0.15, 0.2) is 5.76 Å². The van der Waals surface area contributed by atoms with Crippen molar-refractivity contribution >= 4 is 34.8 Å². The summed E-state index contributed by atoms with van der Waals surface area (Å²) in [6.45, 7) is 3.53. The van der Waals surface area contributed by atoms with Crippen molar-refractivity contribution in [2.45, 2.75) is 32.2 Å². The minimum Gasteiger partial charge on any atom is -0.459 e. The van der Waals surface area contributed by atoms with Crippen LogP contribution in [0.2, 0.25) is 5.02 Å². The average molecular weight is 376 g/mol. The molecule has 1 aromatic heterocycles. The molecule has 1 unspecified atom stereocenters. The lowest BCUT2D eigenvalue weighted by Gasteiger charge is -2.31. The summed E-state index contributed by atoms with van der Waals surface area (Å²) in [6, 6.07) is 7.94. The van der Waals surface area contributed by atoms with Gasteiger partial charge in [-0.1, -0.05) is 11.6 Å². The summed E-state index contributed by atoms with van der Waals surface area (Å²) >= 11 is 6.12. The molecule has 0 radical (unpaired) electrons. The van der Waals surface area contributed by atoms with E-state index in [4.69, 9.17) is 16.0 Å². The molecule has 2 aromatic rings. The summed E-state index contributed by atoms with van der Waals surface area (Å²) in [5.74, 6) is -0.577. The van der Waals surface area contributed by atoms with Gasteiger partial charge in [0.05, 0.1) is 17.6 Å². The molecular weight excluding hydrogens is 354 g/mol. The van der Waals surface area contributed by atoms with Crippen molar-refractivity contribution < 1.29 is 14.0 Å². The number of anilines is 2. The summed E-state index contributed by atoms with van der Waals surface area (Å²) in [4.78, 5) is 26.8. The molecule has 7 heteroatoms. The minimum atomic E-state index is -0.721. The van der Waals surface area contributed by atoms with E-state index in [0.717, 1.165) is 31.6 Å². The van der Waals surface area contributed by atoms with Gasteiger partial charge in [0.2, 0.25) is 5.91 Å². The lowest BCUT2D eigenvalue weighted by Crippen LogP contribution is -2.41. The maximum atomic E-state index is 12.5. The predicted molar refractivity (Wildman–Crippen MR) is 102 cm³/mol. The molecule has 6 nitrogen and oxygen atoms in total. The van der Waals surface area contributed by atoms with Crippen molar-refractivity contribution in [3.8, 4) is 0 Å². The molecule has 26 heavy (non-hydrogen) atoms. The summed E-state index contributed by atoms with van der Waals surface area (Å²) in [7, 11) is 0. The molecule has 2 N–H and O–H groups in total. The second kappa shape index (κ2) is 8.27. The zero-order valence-corrected chi connectivity index (χ0v) is 15.4. The fourth-order valence-corrected chi connectivity index (χ4v) is 3.17. The molecular formula is C19H22ClN3O3. The van der Waals surface area contributed by atoms with Gasteiger partial charge in [0.1, 0.15) is 6.04 Å². The Morgan fingerprint density at radius 2 is 1.96 bits per heavy atom. The second-order valence-electron chi connectivity index (χ2n) is 6.37. The van der Waals surface area contributed by atoms with Crippen LogP contribution >= 0.6 is 11.6 Å². The average Bonchev–Trinajstić information content (AvgIpc) is 3.17. The quantitative estimate of drug-likeness (QED) is 0.835. The molecule has 1 saturated heterocycles. The number of benzene rings is 1. The highest BCUT2D eigenvalue weighted by atomic mass is 35.5. The first kappa shape index (κ1) is 18.3. The molecule has 2 amide bonds. The van der Waals surface area contributed by atoms with E-state index < -0.39 is 11.9 Å². The van der Waals surface area contributed by atoms with Gasteiger partial charge in [-0.2, -0.15) is 0 Å². The Morgan fingerprint density at radius 3 is 2.65 bits per heavy atom. The van der Waals surface area contributed by atoms with E-state index in [2.05, 4.69) is 15.5 Å². The van der Waals surface area contributed by atoms with Crippen molar-refractivity contribution in [2.24, 2.45) is 0 Å². The fraction of sp³-hybridized carbons (Fsp3) is 0.368. The number of halogens is 1. The molecule has 0 spiro atoms. The molecule has 2 heterocycles. The normalized spacial score (nSPS) is 15.4. The number of carbonyl (C=O) groups is 2. The molecule has 0 aliphatic carbocycles.